The van der Waals surface area contributed by atoms with Gasteiger partial charge in [0.25, 0.3) is 0 Å². The Labute approximate surface area is 97.8 Å². The third kappa shape index (κ3) is 5.08. The molecular weight excluding hydrogens is 230 g/mol. The first-order valence-electron chi connectivity index (χ1n) is 4.63. The number of hydrogen-bond donors (Lipinski definition) is 2. The highest BCUT2D eigenvalue weighted by molar-refractivity contribution is 8.02. The van der Waals surface area contributed by atoms with Gasteiger partial charge in [0, 0.05) is 11.5 Å². The second kappa shape index (κ2) is 6.73. The fourth-order valence-electron chi connectivity index (χ4n) is 0.947. The minimum atomic E-state index is 0.195. The van der Waals surface area contributed by atoms with Gasteiger partial charge in [0.05, 0.1) is 5.75 Å². The highest BCUT2D eigenvalue weighted by Gasteiger charge is 2.01. The van der Waals surface area contributed by atoms with E-state index in [9.17, 15) is 0 Å². The second-order valence-electron chi connectivity index (χ2n) is 2.72. The van der Waals surface area contributed by atoms with Crippen molar-refractivity contribution in [2.75, 3.05) is 28.7 Å². The molecule has 1 aromatic heterocycles. The molecule has 7 heteroatoms. The predicted octanol–water partition coefficient (Wildman–Crippen LogP) is 1.02. The average molecular weight is 245 g/mol. The van der Waals surface area contributed by atoms with Gasteiger partial charge in [0.15, 0.2) is 0 Å². The zero-order chi connectivity index (χ0) is 11.1. The van der Waals surface area contributed by atoms with E-state index in [1.54, 1.807) is 11.8 Å². The van der Waals surface area contributed by atoms with Gasteiger partial charge in [0.2, 0.25) is 11.9 Å². The van der Waals surface area contributed by atoms with E-state index < -0.39 is 0 Å². The molecule has 0 spiro atoms. The molecule has 0 atom stereocenters. The van der Waals surface area contributed by atoms with E-state index in [2.05, 4.69) is 21.9 Å². The number of thioether (sulfide) groups is 2. The summed E-state index contributed by atoms with van der Waals surface area (Å²) >= 11 is 3.71. The maximum atomic E-state index is 5.46. The Bertz CT molecular complexity index is 287. The lowest BCUT2D eigenvalue weighted by Gasteiger charge is -2.01. The number of nitrogens with two attached hydrogens (primary N) is 2. The minimum absolute atomic E-state index is 0.195. The van der Waals surface area contributed by atoms with Crippen molar-refractivity contribution in [1.82, 2.24) is 15.0 Å². The van der Waals surface area contributed by atoms with Crippen molar-refractivity contribution < 1.29 is 0 Å². The van der Waals surface area contributed by atoms with Gasteiger partial charge in [-0.2, -0.15) is 38.5 Å². The van der Waals surface area contributed by atoms with Crippen LogP contribution in [0.25, 0.3) is 0 Å². The van der Waals surface area contributed by atoms with Crippen LogP contribution in [0.2, 0.25) is 0 Å². The topological polar surface area (TPSA) is 90.7 Å². The molecule has 0 fully saturated rings. The molecule has 1 aromatic rings. The summed E-state index contributed by atoms with van der Waals surface area (Å²) in [4.78, 5) is 11.7. The first-order valence-corrected chi connectivity index (χ1v) is 6.94. The quantitative estimate of drug-likeness (QED) is 0.723. The highest BCUT2D eigenvalue weighted by Crippen LogP contribution is 2.12. The van der Waals surface area contributed by atoms with Crippen molar-refractivity contribution in [2.45, 2.75) is 12.7 Å². The Hall–Kier alpha value is -0.690. The SMILES string of the molecule is CCSCCSCc1nc(N)nc(N)n1. The molecule has 0 aliphatic carbocycles. The van der Waals surface area contributed by atoms with Gasteiger partial charge in [0.1, 0.15) is 5.82 Å². The fraction of sp³-hybridized carbons (Fsp3) is 0.625. The number of aromatic nitrogens is 3. The number of nitrogens with zero attached hydrogens (tertiary/aromatic N) is 3. The zero-order valence-corrected chi connectivity index (χ0v) is 10.3. The lowest BCUT2D eigenvalue weighted by molar-refractivity contribution is 0.988. The van der Waals surface area contributed by atoms with Crippen LogP contribution in [-0.4, -0.2) is 32.2 Å². The predicted molar refractivity (Wildman–Crippen MR) is 67.8 cm³/mol. The van der Waals surface area contributed by atoms with Crippen LogP contribution in [0, 0.1) is 0 Å². The third-order valence-electron chi connectivity index (χ3n) is 1.52. The Morgan fingerprint density at radius 2 is 1.60 bits per heavy atom. The normalized spacial score (nSPS) is 10.5. The van der Waals surface area contributed by atoms with E-state index in [0.29, 0.717) is 5.82 Å². The summed E-state index contributed by atoms with van der Waals surface area (Å²) < 4.78 is 0. The molecular formula is C8H15N5S2. The van der Waals surface area contributed by atoms with Crippen LogP contribution in [0.3, 0.4) is 0 Å². The van der Waals surface area contributed by atoms with Gasteiger partial charge in [-0.3, -0.25) is 0 Å². The molecule has 0 radical (unpaired) electrons. The molecule has 4 N–H and O–H groups in total. The Kier molecular flexibility index (Phi) is 5.56. The first-order chi connectivity index (χ1) is 7.22. The largest absolute Gasteiger partial charge is 0.368 e. The van der Waals surface area contributed by atoms with Crippen LogP contribution >= 0.6 is 23.5 Å². The van der Waals surface area contributed by atoms with E-state index in [1.165, 1.54) is 0 Å². The summed E-state index contributed by atoms with van der Waals surface area (Å²) in [5.41, 5.74) is 10.9. The number of anilines is 2. The summed E-state index contributed by atoms with van der Waals surface area (Å²) in [6.07, 6.45) is 0. The van der Waals surface area contributed by atoms with E-state index in [4.69, 9.17) is 11.5 Å². The lowest BCUT2D eigenvalue weighted by Crippen LogP contribution is -2.06. The van der Waals surface area contributed by atoms with Gasteiger partial charge in [-0.1, -0.05) is 6.92 Å². The molecule has 5 nitrogen and oxygen atoms in total. The smallest absolute Gasteiger partial charge is 0.225 e. The number of rotatable bonds is 6. The summed E-state index contributed by atoms with van der Waals surface area (Å²) in [6, 6.07) is 0. The van der Waals surface area contributed by atoms with Crippen LogP contribution in [0.4, 0.5) is 11.9 Å². The first kappa shape index (κ1) is 12.4. The molecule has 0 aliphatic heterocycles. The van der Waals surface area contributed by atoms with E-state index >= 15 is 0 Å². The minimum Gasteiger partial charge on any atom is -0.368 e. The second-order valence-corrected chi connectivity index (χ2v) is 5.22. The number of nitrogen functional groups attached to an aromatic ring is 2. The van der Waals surface area contributed by atoms with Crippen molar-refractivity contribution in [2.24, 2.45) is 0 Å². The van der Waals surface area contributed by atoms with Gasteiger partial charge < -0.3 is 11.5 Å². The summed E-state index contributed by atoms with van der Waals surface area (Å²) in [7, 11) is 0. The molecule has 0 bridgehead atoms. The molecule has 0 aliphatic rings. The van der Waals surface area contributed by atoms with Crippen LogP contribution in [0.1, 0.15) is 12.7 Å². The third-order valence-corrected chi connectivity index (χ3v) is 3.64. The zero-order valence-electron chi connectivity index (χ0n) is 8.64. The molecule has 0 aromatic carbocycles. The van der Waals surface area contributed by atoms with Crippen molar-refractivity contribution in [1.29, 1.82) is 0 Å². The van der Waals surface area contributed by atoms with E-state index in [0.717, 1.165) is 23.0 Å². The standard InChI is InChI=1S/C8H15N5S2/c1-2-14-3-4-15-5-6-11-7(9)13-8(10)12-6/h2-5H2,1H3,(H4,9,10,11,12,13). The van der Waals surface area contributed by atoms with Crippen LogP contribution in [0.5, 0.6) is 0 Å². The Morgan fingerprint density at radius 1 is 1.00 bits per heavy atom. The van der Waals surface area contributed by atoms with Crippen molar-refractivity contribution in [3.8, 4) is 0 Å². The summed E-state index contributed by atoms with van der Waals surface area (Å²) in [5, 5.41) is 0. The van der Waals surface area contributed by atoms with Crippen LogP contribution in [0.15, 0.2) is 0 Å². The van der Waals surface area contributed by atoms with Gasteiger partial charge >= 0.3 is 0 Å². The number of hydrogen-bond acceptors (Lipinski definition) is 7. The molecule has 1 heterocycles. The summed E-state index contributed by atoms with van der Waals surface area (Å²) in [5.74, 6) is 5.18. The van der Waals surface area contributed by atoms with E-state index in [1.807, 2.05) is 11.8 Å². The molecule has 15 heavy (non-hydrogen) atoms. The maximum Gasteiger partial charge on any atom is 0.225 e. The lowest BCUT2D eigenvalue weighted by atomic mass is 10.7. The molecule has 1 rings (SSSR count). The van der Waals surface area contributed by atoms with Gasteiger partial charge in [-0.05, 0) is 5.75 Å². The Morgan fingerprint density at radius 3 is 2.20 bits per heavy atom. The van der Waals surface area contributed by atoms with Crippen molar-refractivity contribution in [3.63, 3.8) is 0 Å². The van der Waals surface area contributed by atoms with Crippen molar-refractivity contribution in [3.05, 3.63) is 5.82 Å². The maximum absolute atomic E-state index is 5.46. The molecule has 0 amide bonds. The van der Waals surface area contributed by atoms with Gasteiger partial charge in [-0.15, -0.1) is 0 Å². The van der Waals surface area contributed by atoms with E-state index in [-0.39, 0.29) is 11.9 Å². The molecule has 0 unspecified atom stereocenters. The monoisotopic (exact) mass is 245 g/mol. The molecule has 0 saturated heterocycles. The van der Waals surface area contributed by atoms with Crippen LogP contribution < -0.4 is 11.5 Å². The molecule has 84 valence electrons. The van der Waals surface area contributed by atoms with Crippen LogP contribution in [-0.2, 0) is 5.75 Å². The Balaban J connectivity index is 2.31. The average Bonchev–Trinajstić information content (AvgIpc) is 2.16. The summed E-state index contributed by atoms with van der Waals surface area (Å²) in [6.45, 7) is 2.16. The fourth-order valence-corrected chi connectivity index (χ4v) is 2.63. The molecule has 0 saturated carbocycles. The van der Waals surface area contributed by atoms with Crippen molar-refractivity contribution >= 4 is 35.4 Å². The highest BCUT2D eigenvalue weighted by atomic mass is 32.2. The van der Waals surface area contributed by atoms with Gasteiger partial charge in [-0.25, -0.2) is 0 Å².